The SMILES string of the molecule is N#Cc1cccc([C@@]23CC[C@@H](N(CCN4CC[C@H](O)C4)C(=O)Nc4ccc(F)c(C(F)(F)F)c4)CC2C3)c1. The van der Waals surface area contributed by atoms with E-state index in [0.29, 0.717) is 49.7 Å². The Kier molecular flexibility index (Phi) is 7.09. The van der Waals surface area contributed by atoms with E-state index in [-0.39, 0.29) is 17.1 Å². The number of anilines is 1. The van der Waals surface area contributed by atoms with Gasteiger partial charge in [0.2, 0.25) is 0 Å². The zero-order valence-corrected chi connectivity index (χ0v) is 20.8. The number of alkyl halides is 3. The summed E-state index contributed by atoms with van der Waals surface area (Å²) in [5.41, 5.74) is 0.232. The first-order valence-corrected chi connectivity index (χ1v) is 12.9. The van der Waals surface area contributed by atoms with E-state index in [4.69, 9.17) is 0 Å². The number of hydrogen-bond donors (Lipinski definition) is 2. The topological polar surface area (TPSA) is 79.6 Å². The van der Waals surface area contributed by atoms with Gasteiger partial charge in [-0.25, -0.2) is 9.18 Å². The first-order chi connectivity index (χ1) is 18.1. The molecule has 0 spiro atoms. The first-order valence-electron chi connectivity index (χ1n) is 12.9. The van der Waals surface area contributed by atoms with Crippen molar-refractivity contribution in [1.82, 2.24) is 9.80 Å². The lowest BCUT2D eigenvalue weighted by molar-refractivity contribution is -0.139. The maximum atomic E-state index is 13.8. The van der Waals surface area contributed by atoms with E-state index < -0.39 is 29.7 Å². The third-order valence-corrected chi connectivity index (χ3v) is 8.41. The Hall–Kier alpha value is -3.16. The number of carbonyl (C=O) groups excluding carboxylic acids is 1. The van der Waals surface area contributed by atoms with Crippen molar-refractivity contribution in [2.24, 2.45) is 5.92 Å². The van der Waals surface area contributed by atoms with Crippen LogP contribution in [-0.2, 0) is 11.6 Å². The number of aliphatic hydroxyl groups excluding tert-OH is 1. The average Bonchev–Trinajstić information content (AvgIpc) is 3.49. The number of amides is 2. The van der Waals surface area contributed by atoms with Crippen LogP contribution < -0.4 is 5.32 Å². The molecule has 1 saturated heterocycles. The fourth-order valence-corrected chi connectivity index (χ4v) is 6.28. The van der Waals surface area contributed by atoms with Crippen LogP contribution >= 0.6 is 0 Å². The lowest BCUT2D eigenvalue weighted by Crippen LogP contribution is -2.48. The van der Waals surface area contributed by atoms with Gasteiger partial charge in [-0.2, -0.15) is 18.4 Å². The molecule has 2 aromatic carbocycles. The molecule has 202 valence electrons. The van der Waals surface area contributed by atoms with Gasteiger partial charge < -0.3 is 15.3 Å². The monoisotopic (exact) mass is 530 g/mol. The lowest BCUT2D eigenvalue weighted by atomic mass is 9.80. The third kappa shape index (κ3) is 5.36. The van der Waals surface area contributed by atoms with Crippen LogP contribution in [0.4, 0.5) is 28.0 Å². The highest BCUT2D eigenvalue weighted by Crippen LogP contribution is 2.62. The second-order valence-corrected chi connectivity index (χ2v) is 10.7. The Bertz CT molecular complexity index is 1250. The molecule has 0 aromatic heterocycles. The minimum Gasteiger partial charge on any atom is -0.392 e. The van der Waals surface area contributed by atoms with Crippen molar-refractivity contribution < 1.29 is 27.5 Å². The van der Waals surface area contributed by atoms with Crippen LogP contribution in [0.2, 0.25) is 0 Å². The van der Waals surface area contributed by atoms with Crippen LogP contribution in [-0.4, -0.2) is 59.3 Å². The van der Waals surface area contributed by atoms with Gasteiger partial charge in [-0.05, 0) is 79.3 Å². The largest absolute Gasteiger partial charge is 0.419 e. The van der Waals surface area contributed by atoms with E-state index in [1.54, 1.807) is 11.0 Å². The number of fused-ring (bicyclic) bond motifs is 1. The summed E-state index contributed by atoms with van der Waals surface area (Å²) in [6.07, 6.45) is -1.31. The van der Waals surface area contributed by atoms with Gasteiger partial charge >= 0.3 is 12.2 Å². The number of urea groups is 1. The van der Waals surface area contributed by atoms with Gasteiger partial charge in [-0.15, -0.1) is 0 Å². The molecular formula is C28H30F4N4O2. The smallest absolute Gasteiger partial charge is 0.392 e. The van der Waals surface area contributed by atoms with Crippen molar-refractivity contribution in [2.75, 3.05) is 31.5 Å². The molecule has 1 aliphatic heterocycles. The zero-order chi connectivity index (χ0) is 27.1. The van der Waals surface area contributed by atoms with Crippen molar-refractivity contribution in [1.29, 1.82) is 5.26 Å². The number of halogens is 4. The second kappa shape index (κ2) is 10.2. The van der Waals surface area contributed by atoms with Crippen molar-refractivity contribution in [3.8, 4) is 6.07 Å². The summed E-state index contributed by atoms with van der Waals surface area (Å²) in [6.45, 7) is 2.14. The fraction of sp³-hybridized carbons (Fsp3) is 0.500. The Morgan fingerprint density at radius 3 is 2.74 bits per heavy atom. The number of hydrogen-bond acceptors (Lipinski definition) is 4. The van der Waals surface area contributed by atoms with Crippen LogP contribution in [0.3, 0.4) is 0 Å². The Balaban J connectivity index is 1.32. The molecule has 2 aromatic rings. The summed E-state index contributed by atoms with van der Waals surface area (Å²) in [7, 11) is 0. The fourth-order valence-electron chi connectivity index (χ4n) is 6.28. The number of rotatable bonds is 6. The molecule has 5 rings (SSSR count). The van der Waals surface area contributed by atoms with Gasteiger partial charge in [0.05, 0.1) is 23.3 Å². The molecule has 3 aliphatic rings. The van der Waals surface area contributed by atoms with Gasteiger partial charge in [0.15, 0.2) is 0 Å². The summed E-state index contributed by atoms with van der Waals surface area (Å²) < 4.78 is 53.4. The van der Waals surface area contributed by atoms with E-state index in [1.165, 1.54) is 0 Å². The van der Waals surface area contributed by atoms with Crippen LogP contribution in [0.5, 0.6) is 0 Å². The highest BCUT2D eigenvalue weighted by atomic mass is 19.4. The number of nitriles is 1. The van der Waals surface area contributed by atoms with Crippen molar-refractivity contribution >= 4 is 11.7 Å². The molecule has 1 unspecified atom stereocenters. The standard InChI is InChI=1S/C28H30F4N4O2/c29-25-5-4-21(14-24(25)28(30,31)32)34-26(38)36(11-10-35-9-7-23(37)17-35)22-6-8-27(15-20(27)13-22)19-3-1-2-18(12-19)16-33/h1-5,12,14,20,22-23,37H,6-11,13,15,17H2,(H,34,38)/t20?,22-,23+,27+/m1/s1. The molecule has 0 radical (unpaired) electrons. The normalized spacial score (nSPS) is 26.9. The van der Waals surface area contributed by atoms with Gasteiger partial charge in [0.1, 0.15) is 5.82 Å². The highest BCUT2D eigenvalue weighted by molar-refractivity contribution is 5.89. The Morgan fingerprint density at radius 2 is 2.05 bits per heavy atom. The quantitative estimate of drug-likeness (QED) is 0.508. The zero-order valence-electron chi connectivity index (χ0n) is 20.8. The summed E-state index contributed by atoms with van der Waals surface area (Å²) in [6, 6.07) is 11.7. The Morgan fingerprint density at radius 1 is 1.24 bits per heavy atom. The van der Waals surface area contributed by atoms with Crippen LogP contribution in [0.25, 0.3) is 0 Å². The molecule has 10 heteroatoms. The van der Waals surface area contributed by atoms with Crippen LogP contribution in [0.1, 0.15) is 48.8 Å². The highest BCUT2D eigenvalue weighted by Gasteiger charge is 2.58. The number of nitrogens with zero attached hydrogens (tertiary/aromatic N) is 3. The number of β-amino-alcohol motifs (C(OH)–C–C–N with tert-alkyl or cyclic N) is 1. The number of likely N-dealkylation sites (tertiary alicyclic amines) is 1. The molecule has 38 heavy (non-hydrogen) atoms. The molecule has 3 fully saturated rings. The minimum atomic E-state index is -4.87. The van der Waals surface area contributed by atoms with E-state index in [1.807, 2.05) is 12.1 Å². The van der Waals surface area contributed by atoms with Gasteiger partial charge in [-0.1, -0.05) is 12.1 Å². The molecule has 0 bridgehead atoms. The number of benzene rings is 2. The lowest BCUT2D eigenvalue weighted by Gasteiger charge is -2.37. The summed E-state index contributed by atoms with van der Waals surface area (Å²) in [5, 5.41) is 21.7. The third-order valence-electron chi connectivity index (χ3n) is 8.41. The molecular weight excluding hydrogens is 500 g/mol. The average molecular weight is 531 g/mol. The predicted molar refractivity (Wildman–Crippen MR) is 133 cm³/mol. The first kappa shape index (κ1) is 26.4. The van der Waals surface area contributed by atoms with Crippen molar-refractivity contribution in [3.63, 3.8) is 0 Å². The minimum absolute atomic E-state index is 0.00311. The molecule has 2 N–H and O–H groups in total. The van der Waals surface area contributed by atoms with Crippen molar-refractivity contribution in [3.05, 3.63) is 65.0 Å². The molecule has 4 atom stereocenters. The second-order valence-electron chi connectivity index (χ2n) is 10.7. The predicted octanol–water partition coefficient (Wildman–Crippen LogP) is 5.13. The number of aliphatic hydroxyl groups is 1. The number of carbonyl (C=O) groups is 1. The maximum absolute atomic E-state index is 13.8. The van der Waals surface area contributed by atoms with Crippen LogP contribution in [0, 0.1) is 23.1 Å². The van der Waals surface area contributed by atoms with E-state index in [9.17, 15) is 32.7 Å². The number of nitrogens with one attached hydrogen (secondary N) is 1. The molecule has 6 nitrogen and oxygen atoms in total. The molecule has 2 saturated carbocycles. The molecule has 1 heterocycles. The summed E-state index contributed by atoms with van der Waals surface area (Å²) >= 11 is 0. The van der Waals surface area contributed by atoms with E-state index >= 15 is 0 Å². The molecule has 2 amide bonds. The van der Waals surface area contributed by atoms with Gasteiger partial charge in [0.25, 0.3) is 0 Å². The summed E-state index contributed by atoms with van der Waals surface area (Å²) in [4.78, 5) is 17.2. The van der Waals surface area contributed by atoms with Crippen LogP contribution in [0.15, 0.2) is 42.5 Å². The van der Waals surface area contributed by atoms with Gasteiger partial charge in [0, 0.05) is 37.9 Å². The molecule has 2 aliphatic carbocycles. The maximum Gasteiger partial charge on any atom is 0.419 e. The summed E-state index contributed by atoms with van der Waals surface area (Å²) in [5.74, 6) is -1.04. The van der Waals surface area contributed by atoms with E-state index in [2.05, 4.69) is 22.4 Å². The van der Waals surface area contributed by atoms with Crippen molar-refractivity contribution in [2.45, 2.75) is 55.8 Å². The van der Waals surface area contributed by atoms with E-state index in [0.717, 1.165) is 43.9 Å². The Labute approximate surface area is 218 Å². The van der Waals surface area contributed by atoms with Gasteiger partial charge in [-0.3, -0.25) is 4.90 Å².